The van der Waals surface area contributed by atoms with Gasteiger partial charge in [0.25, 0.3) is 0 Å². The number of hydrogen-bond acceptors (Lipinski definition) is 3. The van der Waals surface area contributed by atoms with Crippen LogP contribution in [0.15, 0.2) is 0 Å². The Morgan fingerprint density at radius 2 is 2.00 bits per heavy atom. The normalized spacial score (nSPS) is 19.3. The molecule has 1 atom stereocenters. The van der Waals surface area contributed by atoms with Crippen molar-refractivity contribution in [2.45, 2.75) is 39.5 Å². The van der Waals surface area contributed by atoms with Crippen LogP contribution in [-0.2, 0) is 14.8 Å². The van der Waals surface area contributed by atoms with Crippen LogP contribution in [0.2, 0.25) is 0 Å². The highest BCUT2D eigenvalue weighted by molar-refractivity contribution is 7.89. The Labute approximate surface area is 105 Å². The lowest BCUT2D eigenvalue weighted by Crippen LogP contribution is -2.29. The highest BCUT2D eigenvalue weighted by atomic mass is 32.2. The second-order valence-corrected chi connectivity index (χ2v) is 7.15. The maximum atomic E-state index is 11.1. The molecule has 1 saturated carbocycles. The van der Waals surface area contributed by atoms with E-state index >= 15 is 0 Å². The molecule has 1 fully saturated rings. The minimum Gasteiger partial charge on any atom is -0.381 e. The van der Waals surface area contributed by atoms with Crippen LogP contribution in [0, 0.1) is 17.8 Å². The van der Waals surface area contributed by atoms with Gasteiger partial charge in [0.05, 0.1) is 12.4 Å². The summed E-state index contributed by atoms with van der Waals surface area (Å²) in [7, 11) is -3.40. The molecule has 102 valence electrons. The van der Waals surface area contributed by atoms with Crippen LogP contribution in [-0.4, -0.2) is 27.4 Å². The van der Waals surface area contributed by atoms with Crippen molar-refractivity contribution in [1.29, 1.82) is 0 Å². The SMILES string of the molecule is CC(C)C(COCCC1CCC1)CS(N)(=O)=O. The van der Waals surface area contributed by atoms with Gasteiger partial charge in [0, 0.05) is 6.61 Å². The van der Waals surface area contributed by atoms with Gasteiger partial charge in [0.2, 0.25) is 10.0 Å². The molecule has 0 bridgehead atoms. The van der Waals surface area contributed by atoms with E-state index in [4.69, 9.17) is 9.88 Å². The zero-order chi connectivity index (χ0) is 12.9. The van der Waals surface area contributed by atoms with Gasteiger partial charge in [-0.1, -0.05) is 33.1 Å². The van der Waals surface area contributed by atoms with Gasteiger partial charge in [-0.15, -0.1) is 0 Å². The number of rotatable bonds is 8. The van der Waals surface area contributed by atoms with Gasteiger partial charge in [-0.25, -0.2) is 13.6 Å². The first kappa shape index (κ1) is 14.9. The van der Waals surface area contributed by atoms with Gasteiger partial charge in [-0.3, -0.25) is 0 Å². The molecule has 0 amide bonds. The van der Waals surface area contributed by atoms with E-state index in [-0.39, 0.29) is 17.6 Å². The lowest BCUT2D eigenvalue weighted by atomic mass is 9.83. The fourth-order valence-corrected chi connectivity index (χ4v) is 3.08. The highest BCUT2D eigenvalue weighted by Crippen LogP contribution is 2.29. The van der Waals surface area contributed by atoms with Crippen LogP contribution < -0.4 is 5.14 Å². The van der Waals surface area contributed by atoms with Crippen LogP contribution in [0.4, 0.5) is 0 Å². The molecular formula is C12H25NO3S. The topological polar surface area (TPSA) is 69.4 Å². The molecule has 0 heterocycles. The molecule has 0 aromatic rings. The lowest BCUT2D eigenvalue weighted by molar-refractivity contribution is 0.0724. The van der Waals surface area contributed by atoms with Crippen molar-refractivity contribution >= 4 is 10.0 Å². The van der Waals surface area contributed by atoms with E-state index in [0.717, 1.165) is 18.9 Å². The van der Waals surface area contributed by atoms with Crippen molar-refractivity contribution in [2.75, 3.05) is 19.0 Å². The van der Waals surface area contributed by atoms with Crippen LogP contribution in [0.5, 0.6) is 0 Å². The predicted molar refractivity (Wildman–Crippen MR) is 69.1 cm³/mol. The molecule has 17 heavy (non-hydrogen) atoms. The van der Waals surface area contributed by atoms with E-state index in [1.165, 1.54) is 19.3 Å². The Bertz CT molecular complexity index is 310. The van der Waals surface area contributed by atoms with E-state index in [1.807, 2.05) is 13.8 Å². The largest absolute Gasteiger partial charge is 0.381 e. The molecule has 1 aliphatic rings. The third kappa shape index (κ3) is 6.38. The van der Waals surface area contributed by atoms with Gasteiger partial charge < -0.3 is 4.74 Å². The van der Waals surface area contributed by atoms with Crippen molar-refractivity contribution in [2.24, 2.45) is 22.9 Å². The zero-order valence-corrected chi connectivity index (χ0v) is 11.7. The fraction of sp³-hybridized carbons (Fsp3) is 1.00. The molecule has 0 aromatic heterocycles. The minimum absolute atomic E-state index is 0.00592. The van der Waals surface area contributed by atoms with Crippen molar-refractivity contribution < 1.29 is 13.2 Å². The van der Waals surface area contributed by atoms with Crippen LogP contribution in [0.3, 0.4) is 0 Å². The average Bonchev–Trinajstić information content (AvgIpc) is 2.10. The Morgan fingerprint density at radius 1 is 1.35 bits per heavy atom. The van der Waals surface area contributed by atoms with Gasteiger partial charge in [0.1, 0.15) is 0 Å². The fourth-order valence-electron chi connectivity index (χ4n) is 2.00. The number of sulfonamides is 1. The summed E-state index contributed by atoms with van der Waals surface area (Å²) >= 11 is 0. The number of ether oxygens (including phenoxy) is 1. The molecule has 5 heteroatoms. The van der Waals surface area contributed by atoms with E-state index < -0.39 is 10.0 Å². The Balaban J connectivity index is 2.19. The van der Waals surface area contributed by atoms with Crippen molar-refractivity contribution in [3.05, 3.63) is 0 Å². The van der Waals surface area contributed by atoms with Crippen LogP contribution in [0.25, 0.3) is 0 Å². The number of nitrogens with two attached hydrogens (primary N) is 1. The first-order valence-corrected chi connectivity index (χ1v) is 8.18. The summed E-state index contributed by atoms with van der Waals surface area (Å²) in [5.74, 6) is 1.14. The maximum Gasteiger partial charge on any atom is 0.209 e. The average molecular weight is 263 g/mol. The smallest absolute Gasteiger partial charge is 0.209 e. The molecule has 1 rings (SSSR count). The highest BCUT2D eigenvalue weighted by Gasteiger charge is 2.20. The van der Waals surface area contributed by atoms with Crippen molar-refractivity contribution in [1.82, 2.24) is 0 Å². The first-order valence-electron chi connectivity index (χ1n) is 6.46. The zero-order valence-electron chi connectivity index (χ0n) is 10.9. The second kappa shape index (κ2) is 6.71. The molecule has 1 aliphatic carbocycles. The van der Waals surface area contributed by atoms with Crippen LogP contribution >= 0.6 is 0 Å². The Morgan fingerprint density at radius 3 is 2.41 bits per heavy atom. The van der Waals surface area contributed by atoms with Gasteiger partial charge in [-0.2, -0.15) is 0 Å². The molecule has 1 unspecified atom stereocenters. The predicted octanol–water partition coefficient (Wildman–Crippen LogP) is 1.75. The molecular weight excluding hydrogens is 238 g/mol. The van der Waals surface area contributed by atoms with E-state index in [0.29, 0.717) is 6.61 Å². The summed E-state index contributed by atoms with van der Waals surface area (Å²) in [6.45, 7) is 5.26. The quantitative estimate of drug-likeness (QED) is 0.678. The molecule has 0 spiro atoms. The Hall–Kier alpha value is -0.130. The Kier molecular flexibility index (Phi) is 5.89. The summed E-state index contributed by atoms with van der Waals surface area (Å²) in [6.07, 6.45) is 5.12. The van der Waals surface area contributed by atoms with Crippen molar-refractivity contribution in [3.63, 3.8) is 0 Å². The van der Waals surface area contributed by atoms with Crippen molar-refractivity contribution in [3.8, 4) is 0 Å². The van der Waals surface area contributed by atoms with E-state index in [1.54, 1.807) is 0 Å². The third-order valence-electron chi connectivity index (χ3n) is 3.62. The van der Waals surface area contributed by atoms with E-state index in [9.17, 15) is 8.42 Å². The minimum atomic E-state index is -3.40. The summed E-state index contributed by atoms with van der Waals surface area (Å²) in [5, 5.41) is 5.07. The van der Waals surface area contributed by atoms with E-state index in [2.05, 4.69) is 0 Å². The third-order valence-corrected chi connectivity index (χ3v) is 4.51. The summed E-state index contributed by atoms with van der Waals surface area (Å²) in [4.78, 5) is 0. The number of hydrogen-bond donors (Lipinski definition) is 1. The second-order valence-electron chi connectivity index (χ2n) is 5.49. The molecule has 0 aliphatic heterocycles. The molecule has 4 nitrogen and oxygen atoms in total. The monoisotopic (exact) mass is 263 g/mol. The standard InChI is InChI=1S/C12H25NO3S/c1-10(2)12(9-17(13,14)15)8-16-7-6-11-4-3-5-11/h10-12H,3-9H2,1-2H3,(H2,13,14,15). The summed E-state index contributed by atoms with van der Waals surface area (Å²) in [6, 6.07) is 0. The molecule has 2 N–H and O–H groups in total. The lowest BCUT2D eigenvalue weighted by Gasteiger charge is -2.26. The summed E-state index contributed by atoms with van der Waals surface area (Å²) in [5.41, 5.74) is 0. The number of primary sulfonamides is 1. The van der Waals surface area contributed by atoms with Crippen LogP contribution in [0.1, 0.15) is 39.5 Å². The molecule has 0 saturated heterocycles. The molecule has 0 aromatic carbocycles. The molecule has 0 radical (unpaired) electrons. The summed E-state index contributed by atoms with van der Waals surface area (Å²) < 4.78 is 27.7. The van der Waals surface area contributed by atoms with Gasteiger partial charge in [0.15, 0.2) is 0 Å². The van der Waals surface area contributed by atoms with Gasteiger partial charge >= 0.3 is 0 Å². The maximum absolute atomic E-state index is 11.1. The van der Waals surface area contributed by atoms with Gasteiger partial charge in [-0.05, 0) is 24.2 Å². The first-order chi connectivity index (χ1) is 7.88.